The van der Waals surface area contributed by atoms with Gasteiger partial charge in [0.25, 0.3) is 0 Å². The first-order valence-corrected chi connectivity index (χ1v) is 8.19. The molecule has 0 bridgehead atoms. The summed E-state index contributed by atoms with van der Waals surface area (Å²) in [5, 5.41) is 3.47. The molecule has 0 aliphatic heterocycles. The molecule has 0 saturated carbocycles. The van der Waals surface area contributed by atoms with Crippen LogP contribution in [-0.2, 0) is 13.0 Å². The third-order valence-corrected chi connectivity index (χ3v) is 3.61. The maximum Gasteiger partial charge on any atom is 0.123 e. The van der Waals surface area contributed by atoms with Crippen LogP contribution in [0.4, 0.5) is 0 Å². The highest BCUT2D eigenvalue weighted by atomic mass is 79.9. The minimum atomic E-state index is 0.757. The fourth-order valence-electron chi connectivity index (χ4n) is 2.08. The number of nitrogens with one attached hydrogen (secondary N) is 2. The van der Waals surface area contributed by atoms with E-state index in [2.05, 4.69) is 44.2 Å². The molecule has 2 aromatic rings. The maximum atomic E-state index is 5.78. The molecule has 5 heteroatoms. The monoisotopic (exact) mass is 351 g/mol. The van der Waals surface area contributed by atoms with Crippen molar-refractivity contribution in [2.75, 3.05) is 13.2 Å². The predicted octanol–water partition coefficient (Wildman–Crippen LogP) is 3.68. The third-order valence-electron chi connectivity index (χ3n) is 3.12. The molecule has 0 aliphatic carbocycles. The molecule has 114 valence electrons. The van der Waals surface area contributed by atoms with Crippen LogP contribution in [-0.4, -0.2) is 23.1 Å². The lowest BCUT2D eigenvalue weighted by molar-refractivity contribution is 0.313. The van der Waals surface area contributed by atoms with Crippen LogP contribution < -0.4 is 10.1 Å². The first kappa shape index (κ1) is 16.0. The number of aromatic nitrogens is 2. The van der Waals surface area contributed by atoms with Crippen LogP contribution in [0.15, 0.2) is 35.1 Å². The van der Waals surface area contributed by atoms with Gasteiger partial charge in [-0.1, -0.05) is 22.9 Å². The second-order valence-electron chi connectivity index (χ2n) is 4.92. The number of aromatic amines is 1. The highest BCUT2D eigenvalue weighted by Gasteiger charge is 2.04. The van der Waals surface area contributed by atoms with E-state index in [1.807, 2.05) is 18.3 Å². The zero-order chi connectivity index (χ0) is 14.9. The molecule has 0 unspecified atom stereocenters. The van der Waals surface area contributed by atoms with Gasteiger partial charge in [0.15, 0.2) is 0 Å². The van der Waals surface area contributed by atoms with Crippen molar-refractivity contribution in [2.24, 2.45) is 0 Å². The van der Waals surface area contributed by atoms with Crippen molar-refractivity contribution in [2.45, 2.75) is 32.7 Å². The molecule has 1 aromatic carbocycles. The van der Waals surface area contributed by atoms with Crippen LogP contribution in [0.5, 0.6) is 5.75 Å². The van der Waals surface area contributed by atoms with E-state index in [4.69, 9.17) is 4.74 Å². The number of imidazole rings is 1. The van der Waals surface area contributed by atoms with E-state index in [-0.39, 0.29) is 0 Å². The summed E-state index contributed by atoms with van der Waals surface area (Å²) < 4.78 is 6.86. The van der Waals surface area contributed by atoms with E-state index in [0.717, 1.165) is 55.0 Å². The lowest BCUT2D eigenvalue weighted by atomic mass is 10.2. The minimum absolute atomic E-state index is 0.757. The number of hydrogen-bond acceptors (Lipinski definition) is 3. The Balaban J connectivity index is 1.77. The van der Waals surface area contributed by atoms with Crippen LogP contribution in [0.2, 0.25) is 0 Å². The number of benzene rings is 1. The molecule has 1 heterocycles. The van der Waals surface area contributed by atoms with Gasteiger partial charge < -0.3 is 15.0 Å². The molecular formula is C16H22BrN3O. The summed E-state index contributed by atoms with van der Waals surface area (Å²) in [6, 6.07) is 6.16. The molecule has 2 N–H and O–H groups in total. The molecule has 0 aliphatic rings. The van der Waals surface area contributed by atoms with Gasteiger partial charge in [-0.25, -0.2) is 4.98 Å². The Bertz CT molecular complexity index is 528. The Hall–Kier alpha value is -1.33. The van der Waals surface area contributed by atoms with E-state index in [1.54, 1.807) is 6.20 Å². The number of hydrogen-bond donors (Lipinski definition) is 2. The van der Waals surface area contributed by atoms with Crippen LogP contribution in [0.25, 0.3) is 0 Å². The van der Waals surface area contributed by atoms with E-state index in [0.29, 0.717) is 0 Å². The summed E-state index contributed by atoms with van der Waals surface area (Å²) in [5.74, 6) is 2.02. The molecular weight excluding hydrogens is 330 g/mol. The van der Waals surface area contributed by atoms with Gasteiger partial charge >= 0.3 is 0 Å². The first-order chi connectivity index (χ1) is 10.3. The van der Waals surface area contributed by atoms with Gasteiger partial charge in [0.1, 0.15) is 11.6 Å². The van der Waals surface area contributed by atoms with E-state index >= 15 is 0 Å². The third kappa shape index (κ3) is 5.52. The average molecular weight is 352 g/mol. The minimum Gasteiger partial charge on any atom is -0.493 e. The van der Waals surface area contributed by atoms with Crippen LogP contribution in [0.1, 0.15) is 31.2 Å². The number of halogens is 1. The van der Waals surface area contributed by atoms with Crippen molar-refractivity contribution in [1.82, 2.24) is 15.3 Å². The fourth-order valence-corrected chi connectivity index (χ4v) is 2.49. The van der Waals surface area contributed by atoms with Gasteiger partial charge in [-0.15, -0.1) is 0 Å². The summed E-state index contributed by atoms with van der Waals surface area (Å²) in [6.07, 6.45) is 6.71. The molecule has 0 fully saturated rings. The largest absolute Gasteiger partial charge is 0.493 e. The van der Waals surface area contributed by atoms with Gasteiger partial charge in [0.2, 0.25) is 0 Å². The van der Waals surface area contributed by atoms with Crippen LogP contribution in [0, 0.1) is 0 Å². The Morgan fingerprint density at radius 2 is 2.29 bits per heavy atom. The summed E-state index contributed by atoms with van der Waals surface area (Å²) in [4.78, 5) is 7.34. The quantitative estimate of drug-likeness (QED) is 0.677. The second kappa shape index (κ2) is 8.85. The highest BCUT2D eigenvalue weighted by Crippen LogP contribution is 2.23. The SMILES string of the molecule is CCCOc1ccc(Br)cc1CNCCCc1ncc[nH]1. The van der Waals surface area contributed by atoms with Crippen LogP contribution >= 0.6 is 15.9 Å². The van der Waals surface area contributed by atoms with E-state index < -0.39 is 0 Å². The van der Waals surface area contributed by atoms with E-state index in [9.17, 15) is 0 Å². The molecule has 0 saturated heterocycles. The summed E-state index contributed by atoms with van der Waals surface area (Å²) in [6.45, 7) is 4.65. The molecule has 0 atom stereocenters. The van der Waals surface area contributed by atoms with Crippen molar-refractivity contribution in [3.8, 4) is 5.75 Å². The molecule has 4 nitrogen and oxygen atoms in total. The molecule has 21 heavy (non-hydrogen) atoms. The van der Waals surface area contributed by atoms with E-state index in [1.165, 1.54) is 5.56 Å². The summed E-state index contributed by atoms with van der Waals surface area (Å²) in [5.41, 5.74) is 1.19. The van der Waals surface area contributed by atoms with Crippen molar-refractivity contribution in [1.29, 1.82) is 0 Å². The number of H-pyrrole nitrogens is 1. The Kier molecular flexibility index (Phi) is 6.76. The number of ether oxygens (including phenoxy) is 1. The second-order valence-corrected chi connectivity index (χ2v) is 5.83. The first-order valence-electron chi connectivity index (χ1n) is 7.39. The summed E-state index contributed by atoms with van der Waals surface area (Å²) >= 11 is 3.52. The Morgan fingerprint density at radius 1 is 1.38 bits per heavy atom. The van der Waals surface area contributed by atoms with Gasteiger partial charge in [-0.05, 0) is 37.6 Å². The average Bonchev–Trinajstić information content (AvgIpc) is 2.99. The smallest absolute Gasteiger partial charge is 0.123 e. The van der Waals surface area contributed by atoms with Crippen molar-refractivity contribution >= 4 is 15.9 Å². The fraction of sp³-hybridized carbons (Fsp3) is 0.438. The number of rotatable bonds is 9. The predicted molar refractivity (Wildman–Crippen MR) is 88.5 cm³/mol. The van der Waals surface area contributed by atoms with Gasteiger partial charge in [0, 0.05) is 35.4 Å². The summed E-state index contributed by atoms with van der Waals surface area (Å²) in [7, 11) is 0. The van der Waals surface area contributed by atoms with Gasteiger partial charge in [-0.3, -0.25) is 0 Å². The van der Waals surface area contributed by atoms with Gasteiger partial charge in [0.05, 0.1) is 6.61 Å². The molecule has 0 amide bonds. The van der Waals surface area contributed by atoms with Crippen molar-refractivity contribution < 1.29 is 4.74 Å². The Labute approximate surface area is 134 Å². The topological polar surface area (TPSA) is 49.9 Å². The van der Waals surface area contributed by atoms with Gasteiger partial charge in [-0.2, -0.15) is 0 Å². The zero-order valence-corrected chi connectivity index (χ0v) is 13.9. The molecule has 0 radical (unpaired) electrons. The highest BCUT2D eigenvalue weighted by molar-refractivity contribution is 9.10. The maximum absolute atomic E-state index is 5.78. The van der Waals surface area contributed by atoms with Crippen molar-refractivity contribution in [3.63, 3.8) is 0 Å². The Morgan fingerprint density at radius 3 is 3.05 bits per heavy atom. The standard InChI is InChI=1S/C16H22BrN3O/c1-2-10-21-15-6-5-14(17)11-13(15)12-18-7-3-4-16-19-8-9-20-16/h5-6,8-9,11,18H,2-4,7,10,12H2,1H3,(H,19,20). The lowest BCUT2D eigenvalue weighted by Crippen LogP contribution is -2.16. The number of nitrogens with zero attached hydrogens (tertiary/aromatic N) is 1. The normalized spacial score (nSPS) is 10.8. The molecule has 1 aromatic heterocycles. The number of aryl methyl sites for hydroxylation is 1. The van der Waals surface area contributed by atoms with Crippen molar-refractivity contribution in [3.05, 3.63) is 46.5 Å². The molecule has 2 rings (SSSR count). The lowest BCUT2D eigenvalue weighted by Gasteiger charge is -2.12. The van der Waals surface area contributed by atoms with Crippen LogP contribution in [0.3, 0.4) is 0 Å². The zero-order valence-electron chi connectivity index (χ0n) is 12.4. The molecule has 0 spiro atoms.